The Morgan fingerprint density at radius 2 is 1.61 bits per heavy atom. The zero-order valence-corrected chi connectivity index (χ0v) is 12.7. The summed E-state index contributed by atoms with van der Waals surface area (Å²) in [5.41, 5.74) is 3.93. The first kappa shape index (κ1) is 11.9. The highest BCUT2D eigenvalue weighted by Gasteiger charge is 2.11. The van der Waals surface area contributed by atoms with E-state index in [1.807, 2.05) is 11.3 Å². The zero-order valence-electron chi connectivity index (χ0n) is 10.3. The van der Waals surface area contributed by atoms with Crippen molar-refractivity contribution in [1.29, 1.82) is 0 Å². The third-order valence-electron chi connectivity index (χ3n) is 3.02. The van der Waals surface area contributed by atoms with E-state index in [0.717, 1.165) is 0 Å². The Hall–Kier alpha value is -1.12. The number of benzene rings is 2. The summed E-state index contributed by atoms with van der Waals surface area (Å²) >= 11 is 5.60. The van der Waals surface area contributed by atoms with E-state index in [1.54, 1.807) is 0 Å². The number of thiophene rings is 1. The average Bonchev–Trinajstić information content (AvgIpc) is 2.66. The van der Waals surface area contributed by atoms with Crippen molar-refractivity contribution in [3.63, 3.8) is 0 Å². The molecule has 3 rings (SSSR count). The summed E-state index contributed by atoms with van der Waals surface area (Å²) in [4.78, 5) is 1.32. The van der Waals surface area contributed by atoms with Gasteiger partial charge in [0.2, 0.25) is 0 Å². The quantitative estimate of drug-likeness (QED) is 0.520. The summed E-state index contributed by atoms with van der Waals surface area (Å²) in [6, 6.07) is 15.2. The number of hydrogen-bond acceptors (Lipinski definition) is 1. The molecule has 0 nitrogen and oxygen atoms in total. The fourth-order valence-corrected chi connectivity index (χ4v) is 4.34. The molecule has 0 saturated carbocycles. The number of fused-ring (bicyclic) bond motifs is 1. The highest BCUT2D eigenvalue weighted by molar-refractivity contribution is 9.10. The third kappa shape index (κ3) is 2.00. The molecule has 0 atom stereocenters. The zero-order chi connectivity index (χ0) is 12.7. The topological polar surface area (TPSA) is 0 Å². The van der Waals surface area contributed by atoms with Gasteiger partial charge in [0.25, 0.3) is 0 Å². The molecular weight excluding hydrogens is 304 g/mol. The number of halogens is 1. The molecule has 90 valence electrons. The summed E-state index contributed by atoms with van der Waals surface area (Å²) in [6.07, 6.45) is 0. The molecule has 0 fully saturated rings. The fourth-order valence-electron chi connectivity index (χ4n) is 2.31. The minimum absolute atomic E-state index is 1.22. The van der Waals surface area contributed by atoms with Gasteiger partial charge in [-0.1, -0.05) is 47.5 Å². The molecule has 18 heavy (non-hydrogen) atoms. The van der Waals surface area contributed by atoms with Gasteiger partial charge < -0.3 is 0 Å². The molecule has 0 aliphatic carbocycles. The van der Waals surface area contributed by atoms with Crippen LogP contribution in [0.25, 0.3) is 20.5 Å². The minimum Gasteiger partial charge on any atom is -0.134 e. The molecule has 0 unspecified atom stereocenters. The number of hydrogen-bond donors (Lipinski definition) is 0. The molecule has 0 amide bonds. The molecule has 0 N–H and O–H groups in total. The molecule has 2 heteroatoms. The predicted molar refractivity (Wildman–Crippen MR) is 84.4 cm³/mol. The highest BCUT2D eigenvalue weighted by Crippen LogP contribution is 2.42. The van der Waals surface area contributed by atoms with Crippen molar-refractivity contribution in [1.82, 2.24) is 0 Å². The molecule has 2 aromatic carbocycles. The third-order valence-corrected chi connectivity index (χ3v) is 5.32. The maximum atomic E-state index is 3.75. The van der Waals surface area contributed by atoms with E-state index in [9.17, 15) is 0 Å². The van der Waals surface area contributed by atoms with Gasteiger partial charge in [0.15, 0.2) is 0 Å². The number of aryl methyl sites for hydroxylation is 2. The second kappa shape index (κ2) is 4.52. The van der Waals surface area contributed by atoms with E-state index in [0.29, 0.717) is 0 Å². The van der Waals surface area contributed by atoms with Crippen LogP contribution in [-0.2, 0) is 0 Å². The highest BCUT2D eigenvalue weighted by atomic mass is 79.9. The Kier molecular flexibility index (Phi) is 3.00. The van der Waals surface area contributed by atoms with E-state index in [4.69, 9.17) is 0 Å². The smallest absolute Gasteiger partial charge is 0.0497 e. The Labute approximate surface area is 119 Å². The fraction of sp³-hybridized carbons (Fsp3) is 0.125. The van der Waals surface area contributed by atoms with E-state index in [1.165, 1.54) is 36.1 Å². The van der Waals surface area contributed by atoms with Crippen LogP contribution in [0.3, 0.4) is 0 Å². The lowest BCUT2D eigenvalue weighted by Gasteiger charge is -2.03. The lowest BCUT2D eigenvalue weighted by Crippen LogP contribution is -1.80. The first-order chi connectivity index (χ1) is 8.65. The van der Waals surface area contributed by atoms with Crippen molar-refractivity contribution >= 4 is 37.4 Å². The molecule has 0 aliphatic heterocycles. The second-order valence-corrected chi connectivity index (χ2v) is 6.46. The molecule has 0 radical (unpaired) electrons. The standard InChI is InChI=1S/C16H13BrS/c1-10-7-11(2)9-12(8-10)16-15(17)13-5-3-4-6-14(13)18-16/h3-9H,1-2H3. The molecule has 1 aromatic heterocycles. The summed E-state index contributed by atoms with van der Waals surface area (Å²) in [6.45, 7) is 4.30. The average molecular weight is 317 g/mol. The van der Waals surface area contributed by atoms with Crippen LogP contribution in [0.4, 0.5) is 0 Å². The summed E-state index contributed by atoms with van der Waals surface area (Å²) in [5.74, 6) is 0. The molecular formula is C16H13BrS. The maximum Gasteiger partial charge on any atom is 0.0497 e. The minimum atomic E-state index is 1.22. The Morgan fingerprint density at radius 1 is 0.944 bits per heavy atom. The van der Waals surface area contributed by atoms with Crippen molar-refractivity contribution in [3.05, 3.63) is 58.1 Å². The summed E-state index contributed by atoms with van der Waals surface area (Å²) in [7, 11) is 0. The van der Waals surface area contributed by atoms with Gasteiger partial charge in [-0.05, 0) is 41.4 Å². The molecule has 0 saturated heterocycles. The van der Waals surface area contributed by atoms with Gasteiger partial charge in [0, 0.05) is 19.4 Å². The van der Waals surface area contributed by atoms with E-state index < -0.39 is 0 Å². The molecule has 0 aliphatic rings. The van der Waals surface area contributed by atoms with E-state index in [-0.39, 0.29) is 0 Å². The summed E-state index contributed by atoms with van der Waals surface area (Å²) in [5, 5.41) is 1.30. The lowest BCUT2D eigenvalue weighted by atomic mass is 10.1. The van der Waals surface area contributed by atoms with Crippen LogP contribution in [0, 0.1) is 13.8 Å². The monoisotopic (exact) mass is 316 g/mol. The first-order valence-corrected chi connectivity index (χ1v) is 7.52. The largest absolute Gasteiger partial charge is 0.134 e. The first-order valence-electron chi connectivity index (χ1n) is 5.91. The second-order valence-electron chi connectivity index (χ2n) is 4.62. The molecule has 0 bridgehead atoms. The van der Waals surface area contributed by atoms with E-state index >= 15 is 0 Å². The Bertz CT molecular complexity index is 705. The molecule has 0 spiro atoms. The van der Waals surface area contributed by atoms with Gasteiger partial charge in [0.1, 0.15) is 0 Å². The van der Waals surface area contributed by atoms with Crippen LogP contribution in [0.15, 0.2) is 46.9 Å². The Balaban J connectivity index is 2.28. The van der Waals surface area contributed by atoms with Gasteiger partial charge in [-0.15, -0.1) is 11.3 Å². The van der Waals surface area contributed by atoms with Gasteiger partial charge in [0.05, 0.1) is 0 Å². The van der Waals surface area contributed by atoms with Gasteiger partial charge in [-0.3, -0.25) is 0 Å². The van der Waals surface area contributed by atoms with Crippen LogP contribution in [-0.4, -0.2) is 0 Å². The maximum absolute atomic E-state index is 3.75. The normalized spacial score (nSPS) is 11.1. The van der Waals surface area contributed by atoms with E-state index in [2.05, 4.69) is 72.2 Å². The van der Waals surface area contributed by atoms with Crippen molar-refractivity contribution in [2.75, 3.05) is 0 Å². The Morgan fingerprint density at radius 3 is 2.28 bits per heavy atom. The van der Waals surface area contributed by atoms with Gasteiger partial charge in [-0.25, -0.2) is 0 Å². The predicted octanol–water partition coefficient (Wildman–Crippen LogP) is 5.95. The van der Waals surface area contributed by atoms with Gasteiger partial charge in [-0.2, -0.15) is 0 Å². The van der Waals surface area contributed by atoms with Crippen molar-refractivity contribution in [2.45, 2.75) is 13.8 Å². The van der Waals surface area contributed by atoms with Gasteiger partial charge >= 0.3 is 0 Å². The number of rotatable bonds is 1. The van der Waals surface area contributed by atoms with Crippen LogP contribution in [0.1, 0.15) is 11.1 Å². The van der Waals surface area contributed by atoms with Crippen molar-refractivity contribution < 1.29 is 0 Å². The molecule has 3 aromatic rings. The summed E-state index contributed by atoms with van der Waals surface area (Å²) < 4.78 is 2.55. The SMILES string of the molecule is Cc1cc(C)cc(-c2sc3ccccc3c2Br)c1. The lowest BCUT2D eigenvalue weighted by molar-refractivity contribution is 1.39. The van der Waals surface area contributed by atoms with Crippen LogP contribution < -0.4 is 0 Å². The van der Waals surface area contributed by atoms with Crippen LogP contribution >= 0.6 is 27.3 Å². The van der Waals surface area contributed by atoms with Crippen LogP contribution in [0.5, 0.6) is 0 Å². The van der Waals surface area contributed by atoms with Crippen molar-refractivity contribution in [2.24, 2.45) is 0 Å². The molecule has 1 heterocycles. The van der Waals surface area contributed by atoms with Crippen LogP contribution in [0.2, 0.25) is 0 Å². The van der Waals surface area contributed by atoms with Crippen molar-refractivity contribution in [3.8, 4) is 10.4 Å².